The van der Waals surface area contributed by atoms with E-state index in [0.717, 1.165) is 34.4 Å². The SMILES string of the molecule is C=N/C=C\C(=N/CC1=C/N/C(CC)=C(/C)C(=C)/C=C\1)Nc1ccc(C(/C=N\C)=C/C)cc1. The first-order valence-corrected chi connectivity index (χ1v) is 10.7. The van der Waals surface area contributed by atoms with E-state index in [0.29, 0.717) is 12.4 Å². The minimum absolute atomic E-state index is 0.504. The van der Waals surface area contributed by atoms with Crippen molar-refractivity contribution in [1.29, 1.82) is 0 Å². The van der Waals surface area contributed by atoms with Crippen molar-refractivity contribution < 1.29 is 0 Å². The van der Waals surface area contributed by atoms with Crippen molar-refractivity contribution in [3.8, 4) is 0 Å². The normalized spacial score (nSPS) is 20.5. The van der Waals surface area contributed by atoms with Crippen LogP contribution in [0.4, 0.5) is 5.69 Å². The van der Waals surface area contributed by atoms with Crippen LogP contribution in [0.1, 0.15) is 32.8 Å². The first-order chi connectivity index (χ1) is 15.5. The van der Waals surface area contributed by atoms with Crippen molar-refractivity contribution in [1.82, 2.24) is 5.32 Å². The molecule has 2 N–H and O–H groups in total. The number of hydrogen-bond donors (Lipinski definition) is 2. The van der Waals surface area contributed by atoms with Gasteiger partial charge in [0.25, 0.3) is 0 Å². The van der Waals surface area contributed by atoms with Crippen LogP contribution in [-0.2, 0) is 0 Å². The van der Waals surface area contributed by atoms with Crippen LogP contribution in [0.3, 0.4) is 0 Å². The molecule has 0 spiro atoms. The van der Waals surface area contributed by atoms with Crippen molar-refractivity contribution in [3.05, 3.63) is 95.5 Å². The Balaban J connectivity index is 2.21. The highest BCUT2D eigenvalue weighted by molar-refractivity contribution is 6.10. The van der Waals surface area contributed by atoms with E-state index in [2.05, 4.69) is 59.9 Å². The van der Waals surface area contributed by atoms with Crippen molar-refractivity contribution in [2.45, 2.75) is 27.2 Å². The molecule has 1 aromatic rings. The lowest BCUT2D eigenvalue weighted by molar-refractivity contribution is 0.906. The zero-order valence-corrected chi connectivity index (χ0v) is 19.5. The second kappa shape index (κ2) is 12.8. The summed E-state index contributed by atoms with van der Waals surface area (Å²) in [6.07, 6.45) is 14.3. The largest absolute Gasteiger partial charge is 0.364 e. The molecule has 0 aromatic heterocycles. The quantitative estimate of drug-likeness (QED) is 0.389. The molecule has 1 heterocycles. The number of benzene rings is 1. The molecule has 0 atom stereocenters. The van der Waals surface area contributed by atoms with Gasteiger partial charge < -0.3 is 10.6 Å². The van der Waals surface area contributed by atoms with Gasteiger partial charge in [0.2, 0.25) is 0 Å². The predicted octanol–water partition coefficient (Wildman–Crippen LogP) is 6.10. The Bertz CT molecular complexity index is 1030. The molecule has 0 radical (unpaired) electrons. The van der Waals surface area contributed by atoms with Crippen molar-refractivity contribution in [2.24, 2.45) is 15.0 Å². The van der Waals surface area contributed by atoms with E-state index in [4.69, 9.17) is 4.99 Å². The van der Waals surface area contributed by atoms with Crippen molar-refractivity contribution in [3.63, 3.8) is 0 Å². The van der Waals surface area contributed by atoms with E-state index in [1.165, 1.54) is 11.3 Å². The van der Waals surface area contributed by atoms with Crippen LogP contribution in [0.2, 0.25) is 0 Å². The first kappa shape index (κ1) is 24.5. The summed E-state index contributed by atoms with van der Waals surface area (Å²) in [5.74, 6) is 0.698. The summed E-state index contributed by atoms with van der Waals surface area (Å²) in [6.45, 7) is 14.4. The van der Waals surface area contributed by atoms with Crippen LogP contribution < -0.4 is 10.6 Å². The van der Waals surface area contributed by atoms with Crippen LogP contribution in [0.5, 0.6) is 0 Å². The molecular formula is C27H33N5. The van der Waals surface area contributed by atoms with Gasteiger partial charge in [-0.05, 0) is 73.1 Å². The molecule has 0 saturated carbocycles. The molecule has 0 amide bonds. The van der Waals surface area contributed by atoms with Gasteiger partial charge in [0.15, 0.2) is 0 Å². The van der Waals surface area contributed by atoms with Gasteiger partial charge >= 0.3 is 0 Å². The van der Waals surface area contributed by atoms with Gasteiger partial charge in [-0.15, -0.1) is 0 Å². The summed E-state index contributed by atoms with van der Waals surface area (Å²) in [7, 11) is 1.77. The molecule has 5 heteroatoms. The van der Waals surface area contributed by atoms with Gasteiger partial charge in [-0.2, -0.15) is 0 Å². The molecule has 1 aliphatic rings. The zero-order chi connectivity index (χ0) is 23.3. The zero-order valence-electron chi connectivity index (χ0n) is 19.5. The number of hydrogen-bond acceptors (Lipinski definition) is 4. The fraction of sp³-hybridized carbons (Fsp3) is 0.222. The number of nitrogens with zero attached hydrogens (tertiary/aromatic N) is 3. The third-order valence-corrected chi connectivity index (χ3v) is 5.06. The maximum absolute atomic E-state index is 4.74. The van der Waals surface area contributed by atoms with Crippen LogP contribution in [-0.4, -0.2) is 32.4 Å². The number of aliphatic imine (C=N–C) groups is 3. The number of rotatable bonds is 8. The lowest BCUT2D eigenvalue weighted by atomic mass is 10.0. The van der Waals surface area contributed by atoms with E-state index in [1.807, 2.05) is 55.8 Å². The van der Waals surface area contributed by atoms with E-state index >= 15 is 0 Å². The van der Waals surface area contributed by atoms with E-state index in [-0.39, 0.29) is 0 Å². The van der Waals surface area contributed by atoms with Gasteiger partial charge in [0, 0.05) is 37.0 Å². The van der Waals surface area contributed by atoms with Crippen molar-refractivity contribution in [2.75, 3.05) is 18.9 Å². The highest BCUT2D eigenvalue weighted by atomic mass is 15.0. The molecule has 0 bridgehead atoms. The molecule has 0 unspecified atom stereocenters. The Morgan fingerprint density at radius 3 is 2.56 bits per heavy atom. The maximum Gasteiger partial charge on any atom is 0.127 e. The molecular weight excluding hydrogens is 394 g/mol. The van der Waals surface area contributed by atoms with E-state index in [9.17, 15) is 0 Å². The van der Waals surface area contributed by atoms with Gasteiger partial charge in [0.1, 0.15) is 5.84 Å². The molecule has 5 nitrogen and oxygen atoms in total. The van der Waals surface area contributed by atoms with Crippen LogP contribution in [0, 0.1) is 0 Å². The molecule has 166 valence electrons. The third-order valence-electron chi connectivity index (χ3n) is 5.06. The lowest BCUT2D eigenvalue weighted by Gasteiger charge is -2.15. The Hall–Kier alpha value is -3.73. The standard InChI is InChI=1S/C27H33N5/c1-7-23(19-29-6)24-11-13-25(14-12-24)32-27(15-16-28-5)31-18-22-10-9-20(3)21(4)26(8-2)30-17-22/h7,9-17,19,30H,3,5,8,18H2,1-2,4,6H3,(H,31,32)/b10-9-,16-15-,22-17+,23-7+,26-21-,29-19-. The number of amidine groups is 1. The highest BCUT2D eigenvalue weighted by Gasteiger charge is 2.06. The van der Waals surface area contributed by atoms with Gasteiger partial charge in [0.05, 0.1) is 6.54 Å². The molecule has 0 saturated heterocycles. The summed E-state index contributed by atoms with van der Waals surface area (Å²) < 4.78 is 0. The Morgan fingerprint density at radius 1 is 1.19 bits per heavy atom. The highest BCUT2D eigenvalue weighted by Crippen LogP contribution is 2.19. The Labute approximate surface area is 192 Å². The maximum atomic E-state index is 4.74. The van der Waals surface area contributed by atoms with Gasteiger partial charge in [-0.3, -0.25) is 15.0 Å². The minimum atomic E-state index is 0.504. The summed E-state index contributed by atoms with van der Waals surface area (Å²) in [5.41, 5.74) is 7.53. The van der Waals surface area contributed by atoms with Gasteiger partial charge in [-0.25, -0.2) is 0 Å². The monoisotopic (exact) mass is 427 g/mol. The summed E-state index contributed by atoms with van der Waals surface area (Å²) in [6, 6.07) is 8.16. The second-order valence-corrected chi connectivity index (χ2v) is 7.21. The number of nitrogens with one attached hydrogen (secondary N) is 2. The van der Waals surface area contributed by atoms with Crippen molar-refractivity contribution >= 4 is 30.0 Å². The first-order valence-electron chi connectivity index (χ1n) is 10.7. The van der Waals surface area contributed by atoms with Gasteiger partial charge in [-0.1, -0.05) is 43.9 Å². The fourth-order valence-electron chi connectivity index (χ4n) is 3.11. The lowest BCUT2D eigenvalue weighted by Crippen LogP contribution is -2.12. The number of anilines is 1. The molecule has 0 aliphatic carbocycles. The summed E-state index contributed by atoms with van der Waals surface area (Å²) >= 11 is 0. The molecule has 0 fully saturated rings. The van der Waals surface area contributed by atoms with E-state index < -0.39 is 0 Å². The summed E-state index contributed by atoms with van der Waals surface area (Å²) in [4.78, 5) is 12.7. The molecule has 1 aliphatic heterocycles. The average Bonchev–Trinajstić information content (AvgIpc) is 2.81. The fourth-order valence-corrected chi connectivity index (χ4v) is 3.11. The number of allylic oxidation sites excluding steroid dienone is 6. The predicted molar refractivity (Wildman–Crippen MR) is 142 cm³/mol. The van der Waals surface area contributed by atoms with E-state index in [1.54, 1.807) is 13.2 Å². The average molecular weight is 428 g/mol. The van der Waals surface area contributed by atoms with Crippen LogP contribution in [0.15, 0.2) is 105 Å². The Kier molecular flexibility index (Phi) is 9.85. The smallest absolute Gasteiger partial charge is 0.127 e. The minimum Gasteiger partial charge on any atom is -0.364 e. The molecule has 1 aromatic carbocycles. The Morgan fingerprint density at radius 2 is 1.94 bits per heavy atom. The van der Waals surface area contributed by atoms with Crippen LogP contribution >= 0.6 is 0 Å². The topological polar surface area (TPSA) is 61.1 Å². The molecule has 32 heavy (non-hydrogen) atoms. The molecule has 2 rings (SSSR count). The summed E-state index contributed by atoms with van der Waals surface area (Å²) in [5, 5.41) is 6.76. The second-order valence-electron chi connectivity index (χ2n) is 7.21. The van der Waals surface area contributed by atoms with Crippen LogP contribution in [0.25, 0.3) is 5.57 Å². The third kappa shape index (κ3) is 7.20.